The average Bonchev–Trinajstić information content (AvgIpc) is 3.20. The summed E-state index contributed by atoms with van der Waals surface area (Å²) >= 11 is 1.41. The van der Waals surface area contributed by atoms with Gasteiger partial charge in [0.15, 0.2) is 5.82 Å². The Bertz CT molecular complexity index is 1210. The fraction of sp³-hybridized carbons (Fsp3) is 0.211. The molecule has 1 aromatic carbocycles. The summed E-state index contributed by atoms with van der Waals surface area (Å²) in [6.07, 6.45) is 1.59. The topological polar surface area (TPSA) is 100 Å². The number of nitrogens with two attached hydrogens (primary N) is 1. The fourth-order valence-corrected chi connectivity index (χ4v) is 3.77. The quantitative estimate of drug-likeness (QED) is 0.327. The largest absolute Gasteiger partial charge is 0.469 e. The standard InChI is InChI=1S/C19H18N4O3S/c1-10-6-15-13(8-17(24)26-16(15)7-11(10)2)9-27-19-22-21-18(23(19)20)14-4-5-25-12(14)3/h4-8H,9,20H2,1-3H3. The van der Waals surface area contributed by atoms with Crippen molar-refractivity contribution in [3.05, 3.63) is 63.4 Å². The lowest BCUT2D eigenvalue weighted by molar-refractivity contribution is 0.535. The van der Waals surface area contributed by atoms with Gasteiger partial charge in [-0.25, -0.2) is 9.47 Å². The van der Waals surface area contributed by atoms with E-state index in [-0.39, 0.29) is 5.63 Å². The monoisotopic (exact) mass is 382 g/mol. The Morgan fingerprint density at radius 2 is 1.93 bits per heavy atom. The zero-order valence-corrected chi connectivity index (χ0v) is 16.0. The Balaban J connectivity index is 1.67. The summed E-state index contributed by atoms with van der Waals surface area (Å²) in [5.74, 6) is 7.94. The van der Waals surface area contributed by atoms with Crippen molar-refractivity contribution >= 4 is 22.7 Å². The molecule has 0 aliphatic carbocycles. The van der Waals surface area contributed by atoms with E-state index in [4.69, 9.17) is 14.7 Å². The van der Waals surface area contributed by atoms with Gasteiger partial charge in [0.05, 0.1) is 11.8 Å². The van der Waals surface area contributed by atoms with E-state index in [0.717, 1.165) is 33.4 Å². The first-order valence-corrected chi connectivity index (χ1v) is 9.34. The minimum atomic E-state index is -0.370. The first kappa shape index (κ1) is 17.4. The van der Waals surface area contributed by atoms with E-state index >= 15 is 0 Å². The van der Waals surface area contributed by atoms with Crippen molar-refractivity contribution in [3.63, 3.8) is 0 Å². The highest BCUT2D eigenvalue weighted by Crippen LogP contribution is 2.29. The van der Waals surface area contributed by atoms with E-state index in [1.165, 1.54) is 22.5 Å². The van der Waals surface area contributed by atoms with Gasteiger partial charge in [0.1, 0.15) is 11.3 Å². The third-order valence-electron chi connectivity index (χ3n) is 4.57. The van der Waals surface area contributed by atoms with Gasteiger partial charge in [-0.05, 0) is 55.7 Å². The van der Waals surface area contributed by atoms with E-state index in [9.17, 15) is 4.79 Å². The molecule has 0 aliphatic heterocycles. The molecule has 0 atom stereocenters. The summed E-state index contributed by atoms with van der Waals surface area (Å²) in [4.78, 5) is 11.9. The number of thioether (sulfide) groups is 1. The van der Waals surface area contributed by atoms with Crippen molar-refractivity contribution in [1.29, 1.82) is 0 Å². The molecule has 7 nitrogen and oxygen atoms in total. The summed E-state index contributed by atoms with van der Waals surface area (Å²) in [7, 11) is 0. The number of nitrogens with zero attached hydrogens (tertiary/aromatic N) is 3. The normalized spacial score (nSPS) is 11.4. The number of fused-ring (bicyclic) bond motifs is 1. The van der Waals surface area contributed by atoms with Crippen LogP contribution < -0.4 is 11.5 Å². The molecule has 0 amide bonds. The Hall–Kier alpha value is -3.00. The molecule has 0 unspecified atom stereocenters. The summed E-state index contributed by atoms with van der Waals surface area (Å²) in [6, 6.07) is 7.25. The number of hydrogen-bond donors (Lipinski definition) is 1. The Labute approximate surface area is 159 Å². The van der Waals surface area contributed by atoms with Crippen LogP contribution >= 0.6 is 11.8 Å². The second kappa shape index (κ2) is 6.62. The molecule has 4 rings (SSSR count). The lowest BCUT2D eigenvalue weighted by atomic mass is 10.0. The van der Waals surface area contributed by atoms with Gasteiger partial charge in [-0.15, -0.1) is 10.2 Å². The van der Waals surface area contributed by atoms with Gasteiger partial charge >= 0.3 is 5.63 Å². The van der Waals surface area contributed by atoms with Crippen molar-refractivity contribution in [2.45, 2.75) is 31.7 Å². The summed E-state index contributed by atoms with van der Waals surface area (Å²) in [5, 5.41) is 9.80. The predicted octanol–water partition coefficient (Wildman–Crippen LogP) is 3.58. The van der Waals surface area contributed by atoms with Crippen LogP contribution in [0.5, 0.6) is 0 Å². The molecular weight excluding hydrogens is 364 g/mol. The van der Waals surface area contributed by atoms with Gasteiger partial charge in [-0.3, -0.25) is 0 Å². The summed E-state index contributed by atoms with van der Waals surface area (Å²) in [6.45, 7) is 5.87. The second-order valence-electron chi connectivity index (χ2n) is 6.38. The number of aromatic nitrogens is 3. The van der Waals surface area contributed by atoms with Crippen LogP contribution in [0.25, 0.3) is 22.4 Å². The van der Waals surface area contributed by atoms with Gasteiger partial charge < -0.3 is 14.7 Å². The molecule has 4 aromatic rings. The molecule has 0 spiro atoms. The van der Waals surface area contributed by atoms with Crippen molar-refractivity contribution in [2.24, 2.45) is 0 Å². The van der Waals surface area contributed by atoms with Crippen LogP contribution in [0.3, 0.4) is 0 Å². The summed E-state index contributed by atoms with van der Waals surface area (Å²) < 4.78 is 12.1. The van der Waals surface area contributed by atoms with Crippen molar-refractivity contribution in [1.82, 2.24) is 14.9 Å². The van der Waals surface area contributed by atoms with Crippen molar-refractivity contribution < 1.29 is 8.83 Å². The summed E-state index contributed by atoms with van der Waals surface area (Å²) in [5.41, 5.74) is 4.11. The van der Waals surface area contributed by atoms with Crippen LogP contribution in [0.2, 0.25) is 0 Å². The van der Waals surface area contributed by atoms with Crippen LogP contribution in [0.1, 0.15) is 22.5 Å². The number of rotatable bonds is 4. The van der Waals surface area contributed by atoms with E-state index in [1.54, 1.807) is 12.3 Å². The highest BCUT2D eigenvalue weighted by Gasteiger charge is 2.16. The Kier molecular flexibility index (Phi) is 4.27. The van der Waals surface area contributed by atoms with E-state index in [0.29, 0.717) is 22.3 Å². The maximum atomic E-state index is 11.9. The van der Waals surface area contributed by atoms with Crippen LogP contribution in [-0.4, -0.2) is 14.9 Å². The van der Waals surface area contributed by atoms with Gasteiger partial charge in [0, 0.05) is 17.2 Å². The fourth-order valence-electron chi connectivity index (χ4n) is 2.92. The van der Waals surface area contributed by atoms with Crippen molar-refractivity contribution in [2.75, 3.05) is 5.84 Å². The molecule has 0 bridgehead atoms. The first-order valence-electron chi connectivity index (χ1n) is 8.36. The van der Waals surface area contributed by atoms with Crippen LogP contribution in [0, 0.1) is 20.8 Å². The third kappa shape index (κ3) is 3.12. The maximum absolute atomic E-state index is 11.9. The molecule has 2 N–H and O–H groups in total. The molecule has 8 heteroatoms. The highest BCUT2D eigenvalue weighted by molar-refractivity contribution is 7.98. The molecule has 0 fully saturated rings. The molecule has 27 heavy (non-hydrogen) atoms. The zero-order valence-electron chi connectivity index (χ0n) is 15.1. The van der Waals surface area contributed by atoms with Gasteiger partial charge in [-0.2, -0.15) is 0 Å². The lowest BCUT2D eigenvalue weighted by Gasteiger charge is -2.08. The zero-order chi connectivity index (χ0) is 19.1. The third-order valence-corrected chi connectivity index (χ3v) is 5.56. The molecule has 0 aliphatic rings. The highest BCUT2D eigenvalue weighted by atomic mass is 32.2. The molecule has 0 radical (unpaired) electrons. The average molecular weight is 382 g/mol. The number of aryl methyl sites for hydroxylation is 3. The van der Waals surface area contributed by atoms with E-state index in [2.05, 4.69) is 10.2 Å². The first-order chi connectivity index (χ1) is 12.9. The molecule has 138 valence electrons. The number of benzene rings is 1. The van der Waals surface area contributed by atoms with Crippen LogP contribution in [-0.2, 0) is 5.75 Å². The minimum absolute atomic E-state index is 0.370. The van der Waals surface area contributed by atoms with Crippen molar-refractivity contribution in [3.8, 4) is 11.4 Å². The van der Waals surface area contributed by atoms with E-state index < -0.39 is 0 Å². The maximum Gasteiger partial charge on any atom is 0.336 e. The van der Waals surface area contributed by atoms with Gasteiger partial charge in [-0.1, -0.05) is 11.8 Å². The minimum Gasteiger partial charge on any atom is -0.469 e. The van der Waals surface area contributed by atoms with Crippen LogP contribution in [0.4, 0.5) is 0 Å². The smallest absolute Gasteiger partial charge is 0.336 e. The molecule has 0 saturated carbocycles. The Morgan fingerprint density at radius 3 is 2.67 bits per heavy atom. The predicted molar refractivity (Wildman–Crippen MR) is 104 cm³/mol. The number of nitrogen functional groups attached to an aromatic ring is 1. The molecule has 3 aromatic heterocycles. The molecule has 3 heterocycles. The second-order valence-corrected chi connectivity index (χ2v) is 7.32. The molecular formula is C19H18N4O3S. The lowest BCUT2D eigenvalue weighted by Crippen LogP contribution is -2.11. The number of hydrogen-bond acceptors (Lipinski definition) is 7. The van der Waals surface area contributed by atoms with E-state index in [1.807, 2.05) is 32.9 Å². The molecule has 0 saturated heterocycles. The van der Waals surface area contributed by atoms with Gasteiger partial charge in [0.25, 0.3) is 0 Å². The van der Waals surface area contributed by atoms with Crippen LogP contribution in [0.15, 0.2) is 49.3 Å². The Morgan fingerprint density at radius 1 is 1.15 bits per heavy atom. The number of furan rings is 1. The SMILES string of the molecule is Cc1cc2oc(=O)cc(CSc3nnc(-c4ccoc4C)n3N)c2cc1C. The van der Waals surface area contributed by atoms with Gasteiger partial charge in [0.2, 0.25) is 5.16 Å².